The van der Waals surface area contributed by atoms with Gasteiger partial charge in [0.25, 0.3) is 0 Å². The minimum atomic E-state index is -1.09. The SMILES string of the molecule is CCCC[C@H](CC)CC(=O)N[C@@H](CCC=O)C(=O)O. The highest BCUT2D eigenvalue weighted by Gasteiger charge is 2.20. The Hall–Kier alpha value is -1.39. The zero-order valence-electron chi connectivity index (χ0n) is 11.9. The lowest BCUT2D eigenvalue weighted by Gasteiger charge is -2.17. The Balaban J connectivity index is 4.22. The summed E-state index contributed by atoms with van der Waals surface area (Å²) in [6.07, 6.45) is 5.40. The van der Waals surface area contributed by atoms with Gasteiger partial charge in [0.2, 0.25) is 5.91 Å². The topological polar surface area (TPSA) is 83.5 Å². The quantitative estimate of drug-likeness (QED) is 0.564. The molecule has 19 heavy (non-hydrogen) atoms. The molecule has 0 aliphatic rings. The molecular formula is C14H25NO4. The molecule has 0 aromatic carbocycles. The van der Waals surface area contributed by atoms with Crippen molar-refractivity contribution in [2.24, 2.45) is 5.92 Å². The molecule has 0 aromatic heterocycles. The smallest absolute Gasteiger partial charge is 0.326 e. The lowest BCUT2D eigenvalue weighted by molar-refractivity contribution is -0.142. The predicted octanol–water partition coefficient (Wildman–Crippen LogP) is 2.14. The highest BCUT2D eigenvalue weighted by Crippen LogP contribution is 2.16. The van der Waals surface area contributed by atoms with Crippen LogP contribution in [-0.4, -0.2) is 29.3 Å². The molecule has 0 saturated carbocycles. The minimum Gasteiger partial charge on any atom is -0.480 e. The molecular weight excluding hydrogens is 246 g/mol. The van der Waals surface area contributed by atoms with Gasteiger partial charge in [0, 0.05) is 12.8 Å². The summed E-state index contributed by atoms with van der Waals surface area (Å²) < 4.78 is 0. The van der Waals surface area contributed by atoms with E-state index < -0.39 is 12.0 Å². The second-order valence-corrected chi connectivity index (χ2v) is 4.82. The van der Waals surface area contributed by atoms with Crippen LogP contribution in [-0.2, 0) is 14.4 Å². The van der Waals surface area contributed by atoms with E-state index in [-0.39, 0.29) is 18.7 Å². The molecule has 0 spiro atoms. The van der Waals surface area contributed by atoms with Crippen molar-refractivity contribution in [3.05, 3.63) is 0 Å². The summed E-state index contributed by atoms with van der Waals surface area (Å²) in [6.45, 7) is 4.14. The number of rotatable bonds is 11. The van der Waals surface area contributed by atoms with Gasteiger partial charge in [-0.2, -0.15) is 0 Å². The molecule has 0 saturated heterocycles. The van der Waals surface area contributed by atoms with Crippen molar-refractivity contribution in [3.63, 3.8) is 0 Å². The van der Waals surface area contributed by atoms with Crippen molar-refractivity contribution in [2.75, 3.05) is 0 Å². The number of hydrogen-bond acceptors (Lipinski definition) is 3. The largest absolute Gasteiger partial charge is 0.480 e. The minimum absolute atomic E-state index is 0.143. The van der Waals surface area contributed by atoms with Gasteiger partial charge in [-0.1, -0.05) is 33.1 Å². The fourth-order valence-electron chi connectivity index (χ4n) is 1.95. The van der Waals surface area contributed by atoms with E-state index in [0.29, 0.717) is 18.6 Å². The average Bonchev–Trinajstić information content (AvgIpc) is 2.38. The Morgan fingerprint density at radius 2 is 1.95 bits per heavy atom. The number of hydrogen-bond donors (Lipinski definition) is 2. The second-order valence-electron chi connectivity index (χ2n) is 4.82. The first-order valence-electron chi connectivity index (χ1n) is 7.00. The molecule has 1 amide bonds. The number of aldehydes is 1. The van der Waals surface area contributed by atoms with Gasteiger partial charge >= 0.3 is 5.97 Å². The van der Waals surface area contributed by atoms with E-state index in [9.17, 15) is 14.4 Å². The van der Waals surface area contributed by atoms with Gasteiger partial charge in [0.1, 0.15) is 12.3 Å². The van der Waals surface area contributed by atoms with Crippen molar-refractivity contribution in [2.45, 2.75) is 64.8 Å². The molecule has 0 radical (unpaired) electrons. The summed E-state index contributed by atoms with van der Waals surface area (Å²) in [5.41, 5.74) is 0. The molecule has 0 aromatic rings. The molecule has 5 nitrogen and oxygen atoms in total. The number of aliphatic carboxylic acids is 1. The van der Waals surface area contributed by atoms with Crippen LogP contribution in [0.25, 0.3) is 0 Å². The summed E-state index contributed by atoms with van der Waals surface area (Å²) in [6, 6.07) is -0.957. The van der Waals surface area contributed by atoms with Crippen LogP contribution in [0.2, 0.25) is 0 Å². The maximum absolute atomic E-state index is 11.8. The van der Waals surface area contributed by atoms with E-state index in [2.05, 4.69) is 12.2 Å². The number of nitrogens with one attached hydrogen (secondary N) is 1. The molecule has 2 N–H and O–H groups in total. The number of unbranched alkanes of at least 4 members (excludes halogenated alkanes) is 1. The van der Waals surface area contributed by atoms with Crippen LogP contribution in [0, 0.1) is 5.92 Å². The third-order valence-electron chi connectivity index (χ3n) is 3.22. The lowest BCUT2D eigenvalue weighted by Crippen LogP contribution is -2.41. The molecule has 5 heteroatoms. The Morgan fingerprint density at radius 1 is 1.26 bits per heavy atom. The standard InChI is InChI=1S/C14H25NO4/c1-3-5-7-11(4-2)10-13(17)15-12(14(18)19)8-6-9-16/h9,11-12H,3-8,10H2,1-2H3,(H,15,17)(H,18,19)/t11-,12-/m0/s1. The third kappa shape index (κ3) is 8.35. The first-order valence-corrected chi connectivity index (χ1v) is 7.00. The van der Waals surface area contributed by atoms with E-state index in [4.69, 9.17) is 5.11 Å². The normalized spacial score (nSPS) is 13.6. The van der Waals surface area contributed by atoms with E-state index in [1.807, 2.05) is 6.92 Å². The van der Waals surface area contributed by atoms with Gasteiger partial charge in [-0.25, -0.2) is 4.79 Å². The Kier molecular flexibility index (Phi) is 9.75. The van der Waals surface area contributed by atoms with Gasteiger partial charge in [0.05, 0.1) is 0 Å². The highest BCUT2D eigenvalue weighted by molar-refractivity contribution is 5.83. The van der Waals surface area contributed by atoms with Crippen LogP contribution in [0.3, 0.4) is 0 Å². The van der Waals surface area contributed by atoms with Crippen LogP contribution >= 0.6 is 0 Å². The van der Waals surface area contributed by atoms with Crippen LogP contribution in [0.15, 0.2) is 0 Å². The molecule has 0 bridgehead atoms. The van der Waals surface area contributed by atoms with Crippen LogP contribution < -0.4 is 5.32 Å². The predicted molar refractivity (Wildman–Crippen MR) is 72.8 cm³/mol. The van der Waals surface area contributed by atoms with Gasteiger partial charge < -0.3 is 15.2 Å². The molecule has 0 fully saturated rings. The van der Waals surface area contributed by atoms with E-state index in [0.717, 1.165) is 25.7 Å². The van der Waals surface area contributed by atoms with Crippen molar-refractivity contribution in [1.29, 1.82) is 0 Å². The Morgan fingerprint density at radius 3 is 2.42 bits per heavy atom. The number of carboxylic acids is 1. The third-order valence-corrected chi connectivity index (χ3v) is 3.22. The summed E-state index contributed by atoms with van der Waals surface area (Å²) in [5, 5.41) is 11.4. The summed E-state index contributed by atoms with van der Waals surface area (Å²) in [5.74, 6) is -1.02. The Bertz CT molecular complexity index is 291. The number of carbonyl (C=O) groups is 3. The zero-order valence-corrected chi connectivity index (χ0v) is 11.9. The molecule has 0 unspecified atom stereocenters. The monoisotopic (exact) mass is 271 g/mol. The van der Waals surface area contributed by atoms with Gasteiger partial charge in [-0.3, -0.25) is 4.79 Å². The summed E-state index contributed by atoms with van der Waals surface area (Å²) in [7, 11) is 0. The maximum atomic E-state index is 11.8. The molecule has 0 aliphatic heterocycles. The fraction of sp³-hybridized carbons (Fsp3) is 0.786. The van der Waals surface area contributed by atoms with Crippen molar-refractivity contribution in [3.8, 4) is 0 Å². The van der Waals surface area contributed by atoms with Crippen LogP contribution in [0.5, 0.6) is 0 Å². The van der Waals surface area contributed by atoms with Crippen molar-refractivity contribution < 1.29 is 19.5 Å². The van der Waals surface area contributed by atoms with Gasteiger partial charge in [-0.05, 0) is 18.8 Å². The van der Waals surface area contributed by atoms with Crippen LogP contribution in [0.4, 0.5) is 0 Å². The molecule has 0 rings (SSSR count). The molecule has 2 atom stereocenters. The summed E-state index contributed by atoms with van der Waals surface area (Å²) in [4.78, 5) is 33.0. The first kappa shape index (κ1) is 17.6. The average molecular weight is 271 g/mol. The number of amides is 1. The van der Waals surface area contributed by atoms with Crippen molar-refractivity contribution >= 4 is 18.2 Å². The summed E-state index contributed by atoms with van der Waals surface area (Å²) >= 11 is 0. The van der Waals surface area contributed by atoms with E-state index in [1.165, 1.54) is 0 Å². The number of carbonyl (C=O) groups excluding carboxylic acids is 2. The second kappa shape index (κ2) is 10.5. The van der Waals surface area contributed by atoms with Crippen molar-refractivity contribution in [1.82, 2.24) is 5.32 Å². The maximum Gasteiger partial charge on any atom is 0.326 e. The van der Waals surface area contributed by atoms with Crippen LogP contribution in [0.1, 0.15) is 58.8 Å². The highest BCUT2D eigenvalue weighted by atomic mass is 16.4. The fourth-order valence-corrected chi connectivity index (χ4v) is 1.95. The van der Waals surface area contributed by atoms with Gasteiger partial charge in [-0.15, -0.1) is 0 Å². The molecule has 110 valence electrons. The van der Waals surface area contributed by atoms with E-state index >= 15 is 0 Å². The molecule has 0 aliphatic carbocycles. The number of carboxylic acid groups (broad SMARTS) is 1. The van der Waals surface area contributed by atoms with E-state index in [1.54, 1.807) is 0 Å². The van der Waals surface area contributed by atoms with Gasteiger partial charge in [0.15, 0.2) is 0 Å². The molecule has 0 heterocycles. The first-order chi connectivity index (χ1) is 9.04. The zero-order chi connectivity index (χ0) is 14.7. The lowest BCUT2D eigenvalue weighted by atomic mass is 9.95. The Labute approximate surface area is 114 Å².